The lowest BCUT2D eigenvalue weighted by Crippen LogP contribution is -2.30. The van der Waals surface area contributed by atoms with E-state index in [2.05, 4.69) is 21.0 Å². The molecule has 2 N–H and O–H groups in total. The third-order valence-corrected chi connectivity index (χ3v) is 5.24. The number of benzene rings is 1. The number of pyridine rings is 2. The molecule has 0 atom stereocenters. The van der Waals surface area contributed by atoms with Crippen LogP contribution >= 0.6 is 0 Å². The van der Waals surface area contributed by atoms with Gasteiger partial charge in [0.25, 0.3) is 5.91 Å². The van der Waals surface area contributed by atoms with Crippen molar-refractivity contribution in [1.82, 2.24) is 24.8 Å². The van der Waals surface area contributed by atoms with E-state index >= 15 is 0 Å². The Morgan fingerprint density at radius 2 is 1.77 bits per heavy atom. The van der Waals surface area contributed by atoms with Crippen LogP contribution in [0.25, 0.3) is 22.2 Å². The molecule has 156 valence electrons. The Morgan fingerprint density at radius 1 is 1.06 bits per heavy atom. The van der Waals surface area contributed by atoms with Crippen molar-refractivity contribution in [2.45, 2.75) is 27.3 Å². The van der Waals surface area contributed by atoms with Crippen LogP contribution in [0.1, 0.15) is 34.0 Å². The molecule has 1 aromatic carbocycles. The highest BCUT2D eigenvalue weighted by Crippen LogP contribution is 2.29. The van der Waals surface area contributed by atoms with Gasteiger partial charge < -0.3 is 10.6 Å². The summed E-state index contributed by atoms with van der Waals surface area (Å²) in [5.74, 6) is 0.150. The Labute approximate surface area is 181 Å². The average molecular weight is 412 g/mol. The summed E-state index contributed by atoms with van der Waals surface area (Å²) in [5, 5.41) is 0.843. The zero-order chi connectivity index (χ0) is 22.0. The molecule has 0 spiro atoms. The van der Waals surface area contributed by atoms with Gasteiger partial charge >= 0.3 is 0 Å². The van der Waals surface area contributed by atoms with Crippen molar-refractivity contribution in [2.75, 3.05) is 12.3 Å². The van der Waals surface area contributed by atoms with Crippen LogP contribution in [0.15, 0.2) is 55.1 Å². The minimum absolute atomic E-state index is 0.0469. The third kappa shape index (κ3) is 4.21. The molecule has 7 heteroatoms. The maximum Gasteiger partial charge on any atom is 0.254 e. The van der Waals surface area contributed by atoms with Crippen molar-refractivity contribution >= 4 is 22.8 Å². The number of hydrogen-bond acceptors (Lipinski definition) is 6. The molecule has 0 saturated carbocycles. The Hall–Kier alpha value is -3.87. The van der Waals surface area contributed by atoms with Crippen LogP contribution in [0.3, 0.4) is 0 Å². The Kier molecular flexibility index (Phi) is 5.58. The van der Waals surface area contributed by atoms with E-state index in [9.17, 15) is 4.79 Å². The summed E-state index contributed by atoms with van der Waals surface area (Å²) in [6, 6.07) is 9.76. The quantitative estimate of drug-likeness (QED) is 0.533. The molecule has 4 aromatic rings. The highest BCUT2D eigenvalue weighted by Gasteiger charge is 2.20. The molecular formula is C24H24N6O. The van der Waals surface area contributed by atoms with Crippen molar-refractivity contribution in [3.63, 3.8) is 0 Å². The van der Waals surface area contributed by atoms with Crippen molar-refractivity contribution in [3.8, 4) is 11.3 Å². The minimum atomic E-state index is -0.0469. The van der Waals surface area contributed by atoms with Gasteiger partial charge in [0, 0.05) is 48.8 Å². The van der Waals surface area contributed by atoms with E-state index in [4.69, 9.17) is 10.7 Å². The number of amides is 1. The van der Waals surface area contributed by atoms with E-state index in [1.807, 2.05) is 49.9 Å². The predicted molar refractivity (Wildman–Crippen MR) is 121 cm³/mol. The number of fused-ring (bicyclic) bond motifs is 1. The van der Waals surface area contributed by atoms with E-state index in [0.717, 1.165) is 27.6 Å². The summed E-state index contributed by atoms with van der Waals surface area (Å²) in [5.41, 5.74) is 11.5. The highest BCUT2D eigenvalue weighted by atomic mass is 16.2. The molecular weight excluding hydrogens is 388 g/mol. The van der Waals surface area contributed by atoms with E-state index in [-0.39, 0.29) is 11.9 Å². The SMILES string of the molecule is CCN(Cc1ccncc1)C(=O)c1cc(-c2cnc(N)nc2)nc2c(C)cc(C)cc12. The molecule has 0 aliphatic carbocycles. The lowest BCUT2D eigenvalue weighted by molar-refractivity contribution is 0.0754. The number of anilines is 1. The molecule has 7 nitrogen and oxygen atoms in total. The van der Waals surface area contributed by atoms with Crippen LogP contribution in [-0.2, 0) is 6.54 Å². The molecule has 0 radical (unpaired) electrons. The number of carbonyl (C=O) groups excluding carboxylic acids is 1. The monoisotopic (exact) mass is 412 g/mol. The van der Waals surface area contributed by atoms with Crippen LogP contribution in [0.2, 0.25) is 0 Å². The van der Waals surface area contributed by atoms with E-state index in [1.165, 1.54) is 0 Å². The van der Waals surface area contributed by atoms with Gasteiger partial charge in [0.05, 0.1) is 16.8 Å². The Bertz CT molecular complexity index is 1240. The topological polar surface area (TPSA) is 97.9 Å². The fourth-order valence-electron chi connectivity index (χ4n) is 3.68. The normalized spacial score (nSPS) is 10.9. The summed E-state index contributed by atoms with van der Waals surface area (Å²) in [6.07, 6.45) is 6.73. The summed E-state index contributed by atoms with van der Waals surface area (Å²) in [4.78, 5) is 32.6. The van der Waals surface area contributed by atoms with E-state index < -0.39 is 0 Å². The van der Waals surface area contributed by atoms with E-state index in [1.54, 1.807) is 24.8 Å². The maximum absolute atomic E-state index is 13.7. The number of aromatic nitrogens is 4. The number of rotatable bonds is 5. The van der Waals surface area contributed by atoms with Crippen LogP contribution < -0.4 is 5.73 Å². The van der Waals surface area contributed by atoms with Crippen LogP contribution in [-0.4, -0.2) is 37.3 Å². The summed E-state index contributed by atoms with van der Waals surface area (Å²) in [7, 11) is 0. The number of nitrogens with two attached hydrogens (primary N) is 1. The third-order valence-electron chi connectivity index (χ3n) is 5.24. The molecule has 0 unspecified atom stereocenters. The molecule has 0 aliphatic rings. The lowest BCUT2D eigenvalue weighted by Gasteiger charge is -2.22. The number of aryl methyl sites for hydroxylation is 2. The lowest BCUT2D eigenvalue weighted by atomic mass is 9.99. The zero-order valence-corrected chi connectivity index (χ0v) is 17.8. The second kappa shape index (κ2) is 8.47. The number of carbonyl (C=O) groups is 1. The maximum atomic E-state index is 13.7. The van der Waals surface area contributed by atoms with Crippen LogP contribution in [0, 0.1) is 13.8 Å². The first-order valence-electron chi connectivity index (χ1n) is 10.1. The van der Waals surface area contributed by atoms with Gasteiger partial charge in [-0.05, 0) is 56.2 Å². The molecule has 3 heterocycles. The largest absolute Gasteiger partial charge is 0.368 e. The smallest absolute Gasteiger partial charge is 0.254 e. The molecule has 4 rings (SSSR count). The first-order valence-corrected chi connectivity index (χ1v) is 10.1. The fourth-order valence-corrected chi connectivity index (χ4v) is 3.68. The van der Waals surface area contributed by atoms with Crippen molar-refractivity contribution in [2.24, 2.45) is 0 Å². The molecule has 0 fully saturated rings. The first kappa shape index (κ1) is 20.4. The van der Waals surface area contributed by atoms with E-state index in [0.29, 0.717) is 29.9 Å². The number of hydrogen-bond donors (Lipinski definition) is 1. The molecule has 0 saturated heterocycles. The second-order valence-electron chi connectivity index (χ2n) is 7.54. The van der Waals surface area contributed by atoms with Gasteiger partial charge in [0.2, 0.25) is 5.95 Å². The van der Waals surface area contributed by atoms with Crippen LogP contribution in [0.5, 0.6) is 0 Å². The van der Waals surface area contributed by atoms with Crippen molar-refractivity contribution < 1.29 is 4.79 Å². The average Bonchev–Trinajstić information content (AvgIpc) is 2.77. The summed E-state index contributed by atoms with van der Waals surface area (Å²) < 4.78 is 0. The molecule has 0 bridgehead atoms. The Morgan fingerprint density at radius 3 is 2.45 bits per heavy atom. The predicted octanol–water partition coefficient (Wildman–Crippen LogP) is 3.95. The van der Waals surface area contributed by atoms with Crippen LogP contribution in [0.4, 0.5) is 5.95 Å². The van der Waals surface area contributed by atoms with Gasteiger partial charge in [-0.15, -0.1) is 0 Å². The zero-order valence-electron chi connectivity index (χ0n) is 17.8. The molecule has 31 heavy (non-hydrogen) atoms. The van der Waals surface area contributed by atoms with Gasteiger partial charge in [-0.2, -0.15) is 0 Å². The van der Waals surface area contributed by atoms with Gasteiger partial charge in [0.15, 0.2) is 0 Å². The van der Waals surface area contributed by atoms with Gasteiger partial charge in [0.1, 0.15) is 0 Å². The highest BCUT2D eigenvalue weighted by molar-refractivity contribution is 6.08. The number of nitrogen functional groups attached to an aromatic ring is 1. The van der Waals surface area contributed by atoms with Gasteiger partial charge in [-0.3, -0.25) is 9.78 Å². The Balaban J connectivity index is 1.86. The number of nitrogens with zero attached hydrogens (tertiary/aromatic N) is 5. The minimum Gasteiger partial charge on any atom is -0.368 e. The van der Waals surface area contributed by atoms with Gasteiger partial charge in [-0.25, -0.2) is 15.0 Å². The standard InChI is InChI=1S/C24H24N6O/c1-4-30(14-17-5-7-26-8-6-17)23(31)20-11-21(18-12-27-24(25)28-13-18)29-22-16(3)9-15(2)10-19(20)22/h5-13H,4,14H2,1-3H3,(H2,25,27,28). The summed E-state index contributed by atoms with van der Waals surface area (Å²) in [6.45, 7) is 7.10. The second-order valence-corrected chi connectivity index (χ2v) is 7.54. The first-order chi connectivity index (χ1) is 15.0. The fraction of sp³-hybridized carbons (Fsp3) is 0.208. The van der Waals surface area contributed by atoms with Crippen molar-refractivity contribution in [3.05, 3.63) is 77.4 Å². The molecule has 1 amide bonds. The summed E-state index contributed by atoms with van der Waals surface area (Å²) >= 11 is 0. The molecule has 3 aromatic heterocycles. The van der Waals surface area contributed by atoms with Gasteiger partial charge in [-0.1, -0.05) is 11.6 Å². The van der Waals surface area contributed by atoms with Crippen molar-refractivity contribution in [1.29, 1.82) is 0 Å². The molecule has 0 aliphatic heterocycles.